The van der Waals surface area contributed by atoms with Crippen LogP contribution in [0.15, 0.2) is 53.5 Å². The Labute approximate surface area is 177 Å². The molecule has 7 heteroatoms. The molecule has 0 fully saturated rings. The molecule has 29 heavy (non-hydrogen) atoms. The number of carbonyl (C=O) groups excluding carboxylic acids is 1. The van der Waals surface area contributed by atoms with Crippen LogP contribution >= 0.6 is 11.6 Å². The highest BCUT2D eigenvalue weighted by molar-refractivity contribution is 6.30. The zero-order chi connectivity index (χ0) is 21.2. The van der Waals surface area contributed by atoms with Gasteiger partial charge in [0.05, 0.1) is 12.6 Å². The zero-order valence-corrected chi connectivity index (χ0v) is 18.2. The number of nitrogens with one attached hydrogen (secondary N) is 2. The summed E-state index contributed by atoms with van der Waals surface area (Å²) >= 11 is 6.09. The highest BCUT2D eigenvalue weighted by atomic mass is 35.5. The topological polar surface area (TPSA) is 66.0 Å². The van der Waals surface area contributed by atoms with Crippen molar-refractivity contribution < 1.29 is 9.53 Å². The van der Waals surface area contributed by atoms with E-state index in [-0.39, 0.29) is 12.0 Å². The minimum atomic E-state index is -0.145. The molecule has 1 unspecified atom stereocenters. The molecule has 0 saturated heterocycles. The predicted molar refractivity (Wildman–Crippen MR) is 118 cm³/mol. The highest BCUT2D eigenvalue weighted by Crippen LogP contribution is 2.19. The van der Waals surface area contributed by atoms with Crippen molar-refractivity contribution >= 4 is 23.5 Å². The summed E-state index contributed by atoms with van der Waals surface area (Å²) in [5.41, 5.74) is 2.69. The number of hydrogen-bond donors (Lipinski definition) is 2. The summed E-state index contributed by atoms with van der Waals surface area (Å²) in [6.07, 6.45) is -0.145. The fourth-order valence-corrected chi connectivity index (χ4v) is 2.96. The van der Waals surface area contributed by atoms with Crippen LogP contribution in [-0.2, 0) is 11.3 Å². The molecule has 0 aliphatic carbocycles. The maximum absolute atomic E-state index is 12.0. The number of hydrogen-bond acceptors (Lipinski definition) is 3. The summed E-state index contributed by atoms with van der Waals surface area (Å²) in [6.45, 7) is 3.82. The first kappa shape index (κ1) is 22.7. The van der Waals surface area contributed by atoms with Crippen LogP contribution in [0.3, 0.4) is 0 Å². The van der Waals surface area contributed by atoms with E-state index in [9.17, 15) is 4.79 Å². The number of amides is 1. The molecule has 2 N–H and O–H groups in total. The van der Waals surface area contributed by atoms with Gasteiger partial charge in [0.1, 0.15) is 0 Å². The van der Waals surface area contributed by atoms with Gasteiger partial charge in [-0.05, 0) is 42.3 Å². The SMILES string of the molecule is CCNC(=NCc1ccc(C(=O)N(C)C)cc1)NCC(OC)c1cccc(Cl)c1. The molecular weight excluding hydrogens is 388 g/mol. The van der Waals surface area contributed by atoms with Gasteiger partial charge in [-0.3, -0.25) is 4.79 Å². The second kappa shape index (κ2) is 11.4. The van der Waals surface area contributed by atoms with Gasteiger partial charge in [-0.25, -0.2) is 4.99 Å². The lowest BCUT2D eigenvalue weighted by Gasteiger charge is -2.19. The third kappa shape index (κ3) is 7.07. The number of rotatable bonds is 8. The van der Waals surface area contributed by atoms with E-state index >= 15 is 0 Å². The molecule has 0 aliphatic heterocycles. The molecule has 0 saturated carbocycles. The molecular formula is C22H29ClN4O2. The van der Waals surface area contributed by atoms with Gasteiger partial charge in [-0.15, -0.1) is 0 Å². The number of ether oxygens (including phenoxy) is 1. The van der Waals surface area contributed by atoms with Gasteiger partial charge in [0.25, 0.3) is 5.91 Å². The first-order valence-electron chi connectivity index (χ1n) is 9.55. The maximum atomic E-state index is 12.0. The number of carbonyl (C=O) groups is 1. The van der Waals surface area contributed by atoms with Crippen LogP contribution in [0.5, 0.6) is 0 Å². The van der Waals surface area contributed by atoms with Gasteiger partial charge >= 0.3 is 0 Å². The normalized spacial score (nSPS) is 12.4. The van der Waals surface area contributed by atoms with E-state index in [0.717, 1.165) is 17.7 Å². The van der Waals surface area contributed by atoms with Gasteiger partial charge in [-0.2, -0.15) is 0 Å². The highest BCUT2D eigenvalue weighted by Gasteiger charge is 2.12. The third-order valence-electron chi connectivity index (χ3n) is 4.33. The Hall–Kier alpha value is -2.57. The third-order valence-corrected chi connectivity index (χ3v) is 4.57. The number of halogens is 1. The average Bonchev–Trinajstić information content (AvgIpc) is 2.72. The van der Waals surface area contributed by atoms with Crippen molar-refractivity contribution in [1.82, 2.24) is 15.5 Å². The maximum Gasteiger partial charge on any atom is 0.253 e. The minimum Gasteiger partial charge on any atom is -0.375 e. The van der Waals surface area contributed by atoms with Crippen molar-refractivity contribution in [2.24, 2.45) is 4.99 Å². The molecule has 0 spiro atoms. The van der Waals surface area contributed by atoms with Crippen molar-refractivity contribution in [2.45, 2.75) is 19.6 Å². The monoisotopic (exact) mass is 416 g/mol. The molecule has 156 valence electrons. The fraction of sp³-hybridized carbons (Fsp3) is 0.364. The fourth-order valence-electron chi connectivity index (χ4n) is 2.76. The predicted octanol–water partition coefficient (Wildman–Crippen LogP) is 3.48. The van der Waals surface area contributed by atoms with Gasteiger partial charge in [0.2, 0.25) is 0 Å². The Morgan fingerprint density at radius 3 is 2.48 bits per heavy atom. The van der Waals surface area contributed by atoms with E-state index in [1.807, 2.05) is 55.5 Å². The van der Waals surface area contributed by atoms with E-state index in [0.29, 0.717) is 29.6 Å². The van der Waals surface area contributed by atoms with Crippen LogP contribution in [0.2, 0.25) is 5.02 Å². The quantitative estimate of drug-likeness (QED) is 0.510. The van der Waals surface area contributed by atoms with Crippen LogP contribution in [-0.4, -0.2) is 51.1 Å². The Morgan fingerprint density at radius 1 is 1.17 bits per heavy atom. The van der Waals surface area contributed by atoms with E-state index in [1.54, 1.807) is 26.1 Å². The van der Waals surface area contributed by atoms with E-state index in [1.165, 1.54) is 0 Å². The van der Waals surface area contributed by atoms with Gasteiger partial charge in [0.15, 0.2) is 5.96 Å². The molecule has 1 atom stereocenters. The van der Waals surface area contributed by atoms with E-state index in [2.05, 4.69) is 15.6 Å². The second-order valence-electron chi connectivity index (χ2n) is 6.75. The standard InChI is InChI=1S/C22H29ClN4O2/c1-5-24-22(26-15-20(29-4)18-7-6-8-19(23)13-18)25-14-16-9-11-17(12-10-16)21(28)27(2)3/h6-13,20H,5,14-15H2,1-4H3,(H2,24,25,26). The second-order valence-corrected chi connectivity index (χ2v) is 7.19. The molecule has 2 rings (SSSR count). The van der Waals surface area contributed by atoms with Gasteiger partial charge < -0.3 is 20.3 Å². The largest absolute Gasteiger partial charge is 0.375 e. The number of nitrogens with zero attached hydrogens (tertiary/aromatic N) is 2. The summed E-state index contributed by atoms with van der Waals surface area (Å²) in [5.74, 6) is 0.687. The number of aliphatic imine (C=N–C) groups is 1. The Morgan fingerprint density at radius 2 is 1.90 bits per heavy atom. The van der Waals surface area contributed by atoms with Crippen molar-refractivity contribution in [3.63, 3.8) is 0 Å². The van der Waals surface area contributed by atoms with E-state index < -0.39 is 0 Å². The summed E-state index contributed by atoms with van der Waals surface area (Å²) in [4.78, 5) is 18.2. The van der Waals surface area contributed by atoms with Crippen LogP contribution in [0.4, 0.5) is 0 Å². The molecule has 0 radical (unpaired) electrons. The Kier molecular flexibility index (Phi) is 8.96. The first-order valence-corrected chi connectivity index (χ1v) is 9.93. The van der Waals surface area contributed by atoms with Crippen molar-refractivity contribution in [3.8, 4) is 0 Å². The lowest BCUT2D eigenvalue weighted by molar-refractivity contribution is 0.0827. The summed E-state index contributed by atoms with van der Waals surface area (Å²) in [7, 11) is 5.16. The summed E-state index contributed by atoms with van der Waals surface area (Å²) in [5, 5.41) is 7.23. The number of benzene rings is 2. The number of guanidine groups is 1. The average molecular weight is 417 g/mol. The van der Waals surface area contributed by atoms with Crippen LogP contribution in [0, 0.1) is 0 Å². The van der Waals surface area contributed by atoms with Gasteiger partial charge in [-0.1, -0.05) is 35.9 Å². The van der Waals surface area contributed by atoms with Crippen LogP contribution < -0.4 is 10.6 Å². The lowest BCUT2D eigenvalue weighted by atomic mass is 10.1. The van der Waals surface area contributed by atoms with Crippen LogP contribution in [0.1, 0.15) is 34.5 Å². The van der Waals surface area contributed by atoms with Crippen molar-refractivity contribution in [1.29, 1.82) is 0 Å². The molecule has 0 bridgehead atoms. The molecule has 0 aliphatic rings. The number of methoxy groups -OCH3 is 1. The van der Waals surface area contributed by atoms with Crippen molar-refractivity contribution in [2.75, 3.05) is 34.3 Å². The Bertz CT molecular complexity index is 822. The molecule has 0 aromatic heterocycles. The first-order chi connectivity index (χ1) is 13.9. The van der Waals surface area contributed by atoms with E-state index in [4.69, 9.17) is 16.3 Å². The lowest BCUT2D eigenvalue weighted by Crippen LogP contribution is -2.39. The zero-order valence-electron chi connectivity index (χ0n) is 17.4. The Balaban J connectivity index is 2.01. The summed E-state index contributed by atoms with van der Waals surface area (Å²) < 4.78 is 5.60. The van der Waals surface area contributed by atoms with Crippen LogP contribution in [0.25, 0.3) is 0 Å². The van der Waals surface area contributed by atoms with Gasteiger partial charge in [0, 0.05) is 44.9 Å². The molecule has 2 aromatic carbocycles. The molecule has 2 aromatic rings. The molecule has 0 heterocycles. The molecule has 1 amide bonds. The van der Waals surface area contributed by atoms with Crippen molar-refractivity contribution in [3.05, 3.63) is 70.2 Å². The smallest absolute Gasteiger partial charge is 0.253 e. The summed E-state index contributed by atoms with van der Waals surface area (Å²) in [6, 6.07) is 15.1. The molecule has 6 nitrogen and oxygen atoms in total. The minimum absolute atomic E-state index is 0.0123.